The topological polar surface area (TPSA) is 88.2 Å². The minimum absolute atomic E-state index is 0.00555. The van der Waals surface area contributed by atoms with Crippen LogP contribution in [0.5, 0.6) is 0 Å². The number of anilines is 1. The zero-order chi connectivity index (χ0) is 18.9. The lowest BCUT2D eigenvalue weighted by atomic mass is 9.86. The molecule has 8 heteroatoms. The minimum Gasteiger partial charge on any atom is -0.326 e. The van der Waals surface area contributed by atoms with Gasteiger partial charge in [0, 0.05) is 17.6 Å². The van der Waals surface area contributed by atoms with E-state index in [0.717, 1.165) is 15.9 Å². The summed E-state index contributed by atoms with van der Waals surface area (Å²) in [6.07, 6.45) is 2.74. The SMILES string of the molecule is CC(C)(C)S(=O)(=O)N[C@H]1CC[C@H](C(=O)Nc2ccc3ncsc3c2)CC1. The van der Waals surface area contributed by atoms with Crippen LogP contribution in [0.2, 0.25) is 0 Å². The van der Waals surface area contributed by atoms with Crippen LogP contribution in [0.1, 0.15) is 46.5 Å². The fourth-order valence-electron chi connectivity index (χ4n) is 3.05. The molecule has 1 fully saturated rings. The highest BCUT2D eigenvalue weighted by Gasteiger charge is 2.34. The monoisotopic (exact) mass is 395 g/mol. The highest BCUT2D eigenvalue weighted by Crippen LogP contribution is 2.28. The number of sulfonamides is 1. The van der Waals surface area contributed by atoms with E-state index in [1.807, 2.05) is 18.2 Å². The lowest BCUT2D eigenvalue weighted by molar-refractivity contribution is -0.120. The van der Waals surface area contributed by atoms with Crippen LogP contribution < -0.4 is 10.0 Å². The molecule has 0 bridgehead atoms. The number of benzene rings is 1. The molecule has 0 spiro atoms. The van der Waals surface area contributed by atoms with Gasteiger partial charge in [0.05, 0.1) is 20.5 Å². The zero-order valence-corrected chi connectivity index (χ0v) is 16.9. The maximum absolute atomic E-state index is 12.5. The molecule has 2 aromatic rings. The number of thiazole rings is 1. The van der Waals surface area contributed by atoms with Gasteiger partial charge in [0.2, 0.25) is 15.9 Å². The van der Waals surface area contributed by atoms with E-state index in [1.165, 1.54) is 0 Å². The third kappa shape index (κ3) is 4.24. The highest BCUT2D eigenvalue weighted by molar-refractivity contribution is 7.90. The molecule has 3 rings (SSSR count). The van der Waals surface area contributed by atoms with Gasteiger partial charge in [-0.3, -0.25) is 4.79 Å². The van der Waals surface area contributed by atoms with E-state index in [1.54, 1.807) is 37.6 Å². The number of fused-ring (bicyclic) bond motifs is 1. The second-order valence-corrected chi connectivity index (χ2v) is 11.2. The average Bonchev–Trinajstić information content (AvgIpc) is 3.01. The van der Waals surface area contributed by atoms with Crippen LogP contribution in [-0.2, 0) is 14.8 Å². The zero-order valence-electron chi connectivity index (χ0n) is 15.3. The van der Waals surface area contributed by atoms with Crippen molar-refractivity contribution in [3.8, 4) is 0 Å². The van der Waals surface area contributed by atoms with E-state index >= 15 is 0 Å². The van der Waals surface area contributed by atoms with Gasteiger partial charge in [0.25, 0.3) is 0 Å². The van der Waals surface area contributed by atoms with Crippen LogP contribution in [0, 0.1) is 5.92 Å². The number of hydrogen-bond acceptors (Lipinski definition) is 5. The predicted octanol–water partition coefficient (Wildman–Crippen LogP) is 3.51. The predicted molar refractivity (Wildman–Crippen MR) is 106 cm³/mol. The van der Waals surface area contributed by atoms with Crippen molar-refractivity contribution in [3.05, 3.63) is 23.7 Å². The Kier molecular flexibility index (Phi) is 5.37. The summed E-state index contributed by atoms with van der Waals surface area (Å²) in [5.74, 6) is -0.0754. The van der Waals surface area contributed by atoms with Crippen molar-refractivity contribution in [1.29, 1.82) is 0 Å². The smallest absolute Gasteiger partial charge is 0.227 e. The molecule has 0 atom stereocenters. The maximum Gasteiger partial charge on any atom is 0.227 e. The number of nitrogens with zero attached hydrogens (tertiary/aromatic N) is 1. The van der Waals surface area contributed by atoms with Crippen molar-refractivity contribution >= 4 is 43.2 Å². The van der Waals surface area contributed by atoms with Gasteiger partial charge in [-0.25, -0.2) is 18.1 Å². The van der Waals surface area contributed by atoms with Gasteiger partial charge < -0.3 is 5.32 Å². The Morgan fingerprint density at radius 2 is 1.88 bits per heavy atom. The van der Waals surface area contributed by atoms with Crippen molar-refractivity contribution in [3.63, 3.8) is 0 Å². The summed E-state index contributed by atoms with van der Waals surface area (Å²) in [7, 11) is -3.35. The van der Waals surface area contributed by atoms with Crippen molar-refractivity contribution < 1.29 is 13.2 Å². The van der Waals surface area contributed by atoms with E-state index in [-0.39, 0.29) is 17.9 Å². The van der Waals surface area contributed by atoms with Gasteiger partial charge in [0.1, 0.15) is 0 Å². The first-order chi connectivity index (χ1) is 12.2. The molecule has 0 unspecified atom stereocenters. The standard InChI is InChI=1S/C18H25N3O3S2/c1-18(2,3)26(23,24)21-13-6-4-12(5-7-13)17(22)20-14-8-9-15-16(10-14)25-11-19-15/h8-13,21H,4-7H2,1-3H3,(H,20,22)/t12-,13-. The Balaban J connectivity index is 1.55. The molecular formula is C18H25N3O3S2. The van der Waals surface area contributed by atoms with Crippen molar-refractivity contribution in [1.82, 2.24) is 9.71 Å². The summed E-state index contributed by atoms with van der Waals surface area (Å²) in [6, 6.07) is 5.62. The third-order valence-electron chi connectivity index (χ3n) is 4.82. The Labute approximate surface area is 158 Å². The molecule has 1 aliphatic rings. The molecule has 142 valence electrons. The number of carbonyl (C=O) groups is 1. The fraction of sp³-hybridized carbons (Fsp3) is 0.556. The van der Waals surface area contributed by atoms with Gasteiger partial charge in [-0.1, -0.05) is 0 Å². The molecule has 0 aliphatic heterocycles. The Morgan fingerprint density at radius 1 is 1.19 bits per heavy atom. The van der Waals surface area contributed by atoms with E-state index in [9.17, 15) is 13.2 Å². The number of amides is 1. The van der Waals surface area contributed by atoms with Crippen molar-refractivity contribution in [2.75, 3.05) is 5.32 Å². The normalized spacial score (nSPS) is 21.7. The van der Waals surface area contributed by atoms with Gasteiger partial charge in [-0.2, -0.15) is 0 Å². The van der Waals surface area contributed by atoms with Crippen LogP contribution in [0.15, 0.2) is 23.7 Å². The Bertz CT molecular complexity index is 892. The van der Waals surface area contributed by atoms with Gasteiger partial charge >= 0.3 is 0 Å². The maximum atomic E-state index is 12.5. The molecular weight excluding hydrogens is 370 g/mol. The molecule has 6 nitrogen and oxygen atoms in total. The summed E-state index contributed by atoms with van der Waals surface area (Å²) in [6.45, 7) is 5.07. The van der Waals surface area contributed by atoms with E-state index < -0.39 is 14.8 Å². The Morgan fingerprint density at radius 3 is 2.54 bits per heavy atom. The van der Waals surface area contributed by atoms with E-state index in [0.29, 0.717) is 25.7 Å². The van der Waals surface area contributed by atoms with Crippen LogP contribution in [0.4, 0.5) is 5.69 Å². The molecule has 2 N–H and O–H groups in total. The number of hydrogen-bond donors (Lipinski definition) is 2. The molecule has 1 heterocycles. The molecule has 1 saturated carbocycles. The third-order valence-corrected chi connectivity index (χ3v) is 7.87. The second kappa shape index (κ2) is 7.25. The van der Waals surface area contributed by atoms with Gasteiger partial charge in [0.15, 0.2) is 0 Å². The first kappa shape index (κ1) is 19.3. The first-order valence-corrected chi connectivity index (χ1v) is 11.2. The first-order valence-electron chi connectivity index (χ1n) is 8.82. The van der Waals surface area contributed by atoms with Crippen LogP contribution in [0.3, 0.4) is 0 Å². The van der Waals surface area contributed by atoms with Crippen molar-refractivity contribution in [2.45, 2.75) is 57.2 Å². The molecule has 1 aromatic carbocycles. The summed E-state index contributed by atoms with van der Waals surface area (Å²) < 4.78 is 27.6. The van der Waals surface area contributed by atoms with E-state index in [2.05, 4.69) is 15.0 Å². The molecule has 1 aliphatic carbocycles. The summed E-state index contributed by atoms with van der Waals surface area (Å²) in [5, 5.41) is 2.98. The van der Waals surface area contributed by atoms with Gasteiger partial charge in [-0.15, -0.1) is 11.3 Å². The van der Waals surface area contributed by atoms with Crippen LogP contribution >= 0.6 is 11.3 Å². The average molecular weight is 396 g/mol. The van der Waals surface area contributed by atoms with Crippen molar-refractivity contribution in [2.24, 2.45) is 5.92 Å². The second-order valence-electron chi connectivity index (χ2n) is 7.81. The number of carbonyl (C=O) groups excluding carboxylic acids is 1. The molecule has 1 aromatic heterocycles. The molecule has 26 heavy (non-hydrogen) atoms. The quantitative estimate of drug-likeness (QED) is 0.829. The number of rotatable bonds is 4. The summed E-state index contributed by atoms with van der Waals surface area (Å²) in [4.78, 5) is 16.8. The fourth-order valence-corrected chi connectivity index (χ4v) is 4.79. The number of aromatic nitrogens is 1. The lowest BCUT2D eigenvalue weighted by Crippen LogP contribution is -2.46. The Hall–Kier alpha value is -1.51. The summed E-state index contributed by atoms with van der Waals surface area (Å²) in [5.41, 5.74) is 3.50. The molecule has 1 amide bonds. The van der Waals surface area contributed by atoms with E-state index in [4.69, 9.17) is 0 Å². The van der Waals surface area contributed by atoms with Crippen LogP contribution in [-0.4, -0.2) is 30.1 Å². The van der Waals surface area contributed by atoms with Gasteiger partial charge in [-0.05, 0) is 64.7 Å². The minimum atomic E-state index is -3.35. The lowest BCUT2D eigenvalue weighted by Gasteiger charge is -2.30. The molecule has 0 saturated heterocycles. The van der Waals surface area contributed by atoms with Crippen LogP contribution in [0.25, 0.3) is 10.2 Å². The molecule has 0 radical (unpaired) electrons. The number of nitrogens with one attached hydrogen (secondary N) is 2. The largest absolute Gasteiger partial charge is 0.326 e. The highest BCUT2D eigenvalue weighted by atomic mass is 32.2. The summed E-state index contributed by atoms with van der Waals surface area (Å²) >= 11 is 1.54.